The highest BCUT2D eigenvalue weighted by Crippen LogP contribution is 2.22. The predicted molar refractivity (Wildman–Crippen MR) is 107 cm³/mol. The van der Waals surface area contributed by atoms with Crippen molar-refractivity contribution in [3.63, 3.8) is 0 Å². The maximum Gasteiger partial charge on any atom is 0.306 e. The molecule has 0 aliphatic heterocycles. The molecule has 3 atom stereocenters. The van der Waals surface area contributed by atoms with Gasteiger partial charge in [-0.05, 0) is 67.7 Å². The van der Waals surface area contributed by atoms with Crippen LogP contribution in [-0.2, 0) is 9.53 Å². The Kier molecular flexibility index (Phi) is 9.24. The summed E-state index contributed by atoms with van der Waals surface area (Å²) in [6, 6.07) is 1.92. The summed E-state index contributed by atoms with van der Waals surface area (Å²) < 4.78 is 5.55. The van der Waals surface area contributed by atoms with Crippen molar-refractivity contribution in [3.8, 4) is 6.07 Å². The molecular formula is C20H37N5O2. The molecule has 0 saturated heterocycles. The van der Waals surface area contributed by atoms with Crippen molar-refractivity contribution in [1.29, 1.82) is 5.26 Å². The highest BCUT2D eigenvalue weighted by molar-refractivity contribution is 5.69. The number of rotatable bonds is 8. The quantitative estimate of drug-likeness (QED) is 0.410. The summed E-state index contributed by atoms with van der Waals surface area (Å²) in [4.78, 5) is 12.3. The fourth-order valence-electron chi connectivity index (χ4n) is 2.08. The molecule has 0 radical (unpaired) electrons. The summed E-state index contributed by atoms with van der Waals surface area (Å²) in [7, 11) is 0. The van der Waals surface area contributed by atoms with Crippen molar-refractivity contribution in [2.24, 2.45) is 26.4 Å². The third kappa shape index (κ3) is 11.5. The van der Waals surface area contributed by atoms with Crippen molar-refractivity contribution < 1.29 is 9.53 Å². The second kappa shape index (κ2) is 9.91. The highest BCUT2D eigenvalue weighted by atomic mass is 16.5. The van der Waals surface area contributed by atoms with E-state index in [0.717, 1.165) is 0 Å². The van der Waals surface area contributed by atoms with Gasteiger partial charge in [0.25, 0.3) is 0 Å². The maximum atomic E-state index is 12.3. The first kappa shape index (κ1) is 25.2. The molecule has 3 unspecified atom stereocenters. The fourth-order valence-corrected chi connectivity index (χ4v) is 2.08. The van der Waals surface area contributed by atoms with E-state index in [2.05, 4.69) is 26.5 Å². The SMILES string of the molecule is CC(C)C(/N=N/C(C)(C)C)C(C)OC(=O)CCC(C)(C#N)/N=N/C(C)(C)C. The van der Waals surface area contributed by atoms with Crippen molar-refractivity contribution in [3.05, 3.63) is 0 Å². The van der Waals surface area contributed by atoms with Crippen LogP contribution < -0.4 is 0 Å². The van der Waals surface area contributed by atoms with Gasteiger partial charge in [0, 0.05) is 6.42 Å². The van der Waals surface area contributed by atoms with Crippen molar-refractivity contribution in [1.82, 2.24) is 0 Å². The summed E-state index contributed by atoms with van der Waals surface area (Å²) in [6.07, 6.45) is -0.0448. The zero-order chi connectivity index (χ0) is 21.5. The minimum atomic E-state index is -1.04. The van der Waals surface area contributed by atoms with E-state index in [-0.39, 0.29) is 41.8 Å². The van der Waals surface area contributed by atoms with Crippen LogP contribution >= 0.6 is 0 Å². The minimum Gasteiger partial charge on any atom is -0.460 e. The van der Waals surface area contributed by atoms with Crippen LogP contribution in [-0.4, -0.2) is 34.7 Å². The van der Waals surface area contributed by atoms with Gasteiger partial charge in [-0.1, -0.05) is 13.8 Å². The zero-order valence-corrected chi connectivity index (χ0v) is 18.7. The number of hydrogen-bond acceptors (Lipinski definition) is 7. The molecule has 7 nitrogen and oxygen atoms in total. The Balaban J connectivity index is 4.90. The first-order valence-corrected chi connectivity index (χ1v) is 9.55. The molecule has 0 saturated carbocycles. The number of esters is 1. The third-order valence-electron chi connectivity index (χ3n) is 3.60. The number of carbonyl (C=O) groups excluding carboxylic acids is 1. The molecule has 0 aliphatic carbocycles. The molecule has 0 spiro atoms. The summed E-state index contributed by atoms with van der Waals surface area (Å²) in [6.45, 7) is 19.2. The first-order valence-electron chi connectivity index (χ1n) is 9.55. The molecule has 0 aliphatic rings. The van der Waals surface area contributed by atoms with E-state index in [9.17, 15) is 10.1 Å². The second-order valence-corrected chi connectivity index (χ2v) is 9.57. The molecule has 0 heterocycles. The van der Waals surface area contributed by atoms with E-state index in [1.807, 2.05) is 62.3 Å². The van der Waals surface area contributed by atoms with E-state index < -0.39 is 11.6 Å². The van der Waals surface area contributed by atoms with Gasteiger partial charge in [0.05, 0.1) is 17.1 Å². The lowest BCUT2D eigenvalue weighted by atomic mass is 9.98. The Morgan fingerprint density at radius 2 is 1.48 bits per heavy atom. The number of azo groups is 2. The fraction of sp³-hybridized carbons (Fsp3) is 0.900. The van der Waals surface area contributed by atoms with Crippen LogP contribution in [0.4, 0.5) is 0 Å². The van der Waals surface area contributed by atoms with Gasteiger partial charge in [-0.2, -0.15) is 25.7 Å². The predicted octanol–water partition coefficient (Wildman–Crippen LogP) is 5.51. The lowest BCUT2D eigenvalue weighted by Gasteiger charge is -2.24. The number of carbonyl (C=O) groups is 1. The largest absolute Gasteiger partial charge is 0.460 e. The monoisotopic (exact) mass is 379 g/mol. The van der Waals surface area contributed by atoms with E-state index in [4.69, 9.17) is 4.74 Å². The Hall–Kier alpha value is -1.84. The van der Waals surface area contributed by atoms with Gasteiger partial charge < -0.3 is 4.74 Å². The van der Waals surface area contributed by atoms with Crippen LogP contribution in [0.15, 0.2) is 20.5 Å². The van der Waals surface area contributed by atoms with Crippen molar-refractivity contribution in [2.75, 3.05) is 0 Å². The van der Waals surface area contributed by atoms with Crippen molar-refractivity contribution in [2.45, 2.75) is 111 Å². The van der Waals surface area contributed by atoms with Gasteiger partial charge in [-0.15, -0.1) is 0 Å². The average molecular weight is 380 g/mol. The Bertz CT molecular complexity index is 579. The number of ether oxygens (including phenoxy) is 1. The lowest BCUT2D eigenvalue weighted by Crippen LogP contribution is -2.32. The van der Waals surface area contributed by atoms with Crippen LogP contribution in [0.25, 0.3) is 0 Å². The highest BCUT2D eigenvalue weighted by Gasteiger charge is 2.28. The van der Waals surface area contributed by atoms with Gasteiger partial charge in [0.2, 0.25) is 0 Å². The Morgan fingerprint density at radius 1 is 0.963 bits per heavy atom. The molecule has 0 aromatic carbocycles. The molecule has 0 amide bonds. The summed E-state index contributed by atoms with van der Waals surface area (Å²) in [5, 5.41) is 26.4. The van der Waals surface area contributed by atoms with E-state index in [1.54, 1.807) is 6.92 Å². The zero-order valence-electron chi connectivity index (χ0n) is 18.7. The van der Waals surface area contributed by atoms with Crippen LogP contribution in [0.3, 0.4) is 0 Å². The van der Waals surface area contributed by atoms with Gasteiger partial charge in [0.1, 0.15) is 12.1 Å². The number of hydrogen-bond donors (Lipinski definition) is 0. The average Bonchev–Trinajstić information content (AvgIpc) is 2.49. The van der Waals surface area contributed by atoms with Crippen LogP contribution in [0, 0.1) is 17.2 Å². The van der Waals surface area contributed by atoms with Crippen LogP contribution in [0.2, 0.25) is 0 Å². The summed E-state index contributed by atoms with van der Waals surface area (Å²) >= 11 is 0. The molecule has 0 N–H and O–H groups in total. The van der Waals surface area contributed by atoms with Gasteiger partial charge in [-0.3, -0.25) is 4.79 Å². The molecular weight excluding hydrogens is 342 g/mol. The molecule has 7 heteroatoms. The summed E-state index contributed by atoms with van der Waals surface area (Å²) in [5.74, 6) is -0.185. The van der Waals surface area contributed by atoms with E-state index >= 15 is 0 Å². The Labute approximate surface area is 164 Å². The smallest absolute Gasteiger partial charge is 0.306 e. The second-order valence-electron chi connectivity index (χ2n) is 9.57. The minimum absolute atomic E-state index is 0.0960. The van der Waals surface area contributed by atoms with Gasteiger partial charge in [-0.25, -0.2) is 0 Å². The lowest BCUT2D eigenvalue weighted by molar-refractivity contribution is -0.150. The summed E-state index contributed by atoms with van der Waals surface area (Å²) in [5.41, 5.74) is -1.68. The van der Waals surface area contributed by atoms with Crippen molar-refractivity contribution >= 4 is 5.97 Å². The Morgan fingerprint density at radius 3 is 1.89 bits per heavy atom. The van der Waals surface area contributed by atoms with E-state index in [1.165, 1.54) is 0 Å². The molecule has 154 valence electrons. The third-order valence-corrected chi connectivity index (χ3v) is 3.60. The molecule has 0 aromatic rings. The molecule has 0 bridgehead atoms. The number of nitrogens with zero attached hydrogens (tertiary/aromatic N) is 5. The molecule has 27 heavy (non-hydrogen) atoms. The van der Waals surface area contributed by atoms with E-state index in [0.29, 0.717) is 0 Å². The topological polar surface area (TPSA) is 99.5 Å². The first-order chi connectivity index (χ1) is 12.1. The molecule has 0 aromatic heterocycles. The molecule has 0 fully saturated rings. The normalized spacial score (nSPS) is 17.7. The van der Waals surface area contributed by atoms with Crippen LogP contribution in [0.1, 0.15) is 82.1 Å². The number of nitriles is 1. The maximum absolute atomic E-state index is 12.3. The van der Waals surface area contributed by atoms with Gasteiger partial charge >= 0.3 is 5.97 Å². The van der Waals surface area contributed by atoms with Gasteiger partial charge in [0.15, 0.2) is 5.54 Å². The van der Waals surface area contributed by atoms with Crippen LogP contribution in [0.5, 0.6) is 0 Å². The standard InChI is InChI=1S/C20H37N5O2/c1-14(2)17(22-23-18(4,5)6)15(3)27-16(26)11-12-20(10,13-21)25-24-19(7,8)9/h14-15,17H,11-12H2,1-10H3/b23-22+,25-24+. The molecule has 0 rings (SSSR count).